The summed E-state index contributed by atoms with van der Waals surface area (Å²) < 4.78 is 4.36. The van der Waals surface area contributed by atoms with E-state index in [4.69, 9.17) is 0 Å². The second-order valence-electron chi connectivity index (χ2n) is 6.00. The summed E-state index contributed by atoms with van der Waals surface area (Å²) in [5.41, 5.74) is 3.72. The van der Waals surface area contributed by atoms with Gasteiger partial charge in [-0.2, -0.15) is 0 Å². The predicted octanol–water partition coefficient (Wildman–Crippen LogP) is 4.56. The van der Waals surface area contributed by atoms with Crippen LogP contribution in [0.2, 0.25) is 0 Å². The van der Waals surface area contributed by atoms with Gasteiger partial charge in [0.15, 0.2) is 5.16 Å². The Hall–Kier alpha value is -2.01. The van der Waals surface area contributed by atoms with Gasteiger partial charge in [-0.15, -0.1) is 0 Å². The molecule has 3 aromatic rings. The Morgan fingerprint density at radius 3 is 2.61 bits per heavy atom. The van der Waals surface area contributed by atoms with Crippen molar-refractivity contribution in [3.05, 3.63) is 59.9 Å². The van der Waals surface area contributed by atoms with E-state index in [-0.39, 0.29) is 0 Å². The Morgan fingerprint density at radius 2 is 1.87 bits per heavy atom. The van der Waals surface area contributed by atoms with Crippen molar-refractivity contribution in [2.45, 2.75) is 44.6 Å². The van der Waals surface area contributed by atoms with Crippen LogP contribution >= 0.6 is 11.8 Å². The largest absolute Gasteiger partial charge is 0.332 e. The number of imidazole rings is 2. The first-order valence-corrected chi connectivity index (χ1v) is 8.80. The summed E-state index contributed by atoms with van der Waals surface area (Å²) in [6.07, 6.45) is 7.79. The van der Waals surface area contributed by atoms with Crippen molar-refractivity contribution in [1.29, 1.82) is 0 Å². The van der Waals surface area contributed by atoms with Crippen LogP contribution < -0.4 is 0 Å². The van der Waals surface area contributed by atoms with Crippen LogP contribution in [0.5, 0.6) is 0 Å². The second kappa shape index (κ2) is 6.62. The maximum atomic E-state index is 4.52. The van der Waals surface area contributed by atoms with Gasteiger partial charge in [0.05, 0.1) is 11.4 Å². The number of rotatable bonds is 5. The normalized spacial score (nSPS) is 11.3. The van der Waals surface area contributed by atoms with Crippen LogP contribution in [0.1, 0.15) is 36.8 Å². The standard InChI is InChI=1S/C18H22N4S/c1-13(2)21-9-7-19-17(21)12-23-18-20-8-10-22(18)16-6-5-14(3)11-15(16)4/h5-11,13H,12H2,1-4H3. The van der Waals surface area contributed by atoms with Gasteiger partial charge in [0, 0.05) is 30.8 Å². The molecule has 0 fully saturated rings. The molecule has 0 aliphatic heterocycles. The maximum Gasteiger partial charge on any atom is 0.173 e. The highest BCUT2D eigenvalue weighted by molar-refractivity contribution is 7.98. The quantitative estimate of drug-likeness (QED) is 0.645. The smallest absolute Gasteiger partial charge is 0.173 e. The van der Waals surface area contributed by atoms with Gasteiger partial charge in [-0.1, -0.05) is 29.5 Å². The fourth-order valence-corrected chi connectivity index (χ4v) is 3.63. The van der Waals surface area contributed by atoms with E-state index in [1.165, 1.54) is 16.8 Å². The molecule has 2 heterocycles. The molecule has 0 N–H and O–H groups in total. The minimum Gasteiger partial charge on any atom is -0.332 e. The lowest BCUT2D eigenvalue weighted by atomic mass is 10.1. The van der Waals surface area contributed by atoms with Gasteiger partial charge in [0.1, 0.15) is 5.82 Å². The predicted molar refractivity (Wildman–Crippen MR) is 95.2 cm³/mol. The van der Waals surface area contributed by atoms with Crippen LogP contribution in [0.25, 0.3) is 5.69 Å². The second-order valence-corrected chi connectivity index (χ2v) is 6.95. The number of aromatic nitrogens is 4. The first-order valence-electron chi connectivity index (χ1n) is 7.81. The lowest BCUT2D eigenvalue weighted by Crippen LogP contribution is -2.05. The number of hydrogen-bond donors (Lipinski definition) is 0. The number of thioether (sulfide) groups is 1. The summed E-state index contributed by atoms with van der Waals surface area (Å²) in [5, 5.41) is 0.996. The first kappa shape index (κ1) is 15.9. The number of benzene rings is 1. The number of hydrogen-bond acceptors (Lipinski definition) is 3. The molecular formula is C18H22N4S. The van der Waals surface area contributed by atoms with Gasteiger partial charge in [-0.05, 0) is 39.3 Å². The molecule has 0 aliphatic carbocycles. The highest BCUT2D eigenvalue weighted by Crippen LogP contribution is 2.26. The van der Waals surface area contributed by atoms with E-state index in [2.05, 4.69) is 65.0 Å². The molecule has 0 radical (unpaired) electrons. The fraction of sp³-hybridized carbons (Fsp3) is 0.333. The molecule has 0 unspecified atom stereocenters. The monoisotopic (exact) mass is 326 g/mol. The lowest BCUT2D eigenvalue weighted by molar-refractivity contribution is 0.580. The summed E-state index contributed by atoms with van der Waals surface area (Å²) in [4.78, 5) is 8.99. The van der Waals surface area contributed by atoms with Gasteiger partial charge in [-0.3, -0.25) is 4.57 Å². The molecule has 1 aromatic carbocycles. The van der Waals surface area contributed by atoms with Crippen LogP contribution in [0.3, 0.4) is 0 Å². The molecule has 2 aromatic heterocycles. The molecule has 0 saturated heterocycles. The minimum absolute atomic E-state index is 0.423. The van der Waals surface area contributed by atoms with E-state index in [0.29, 0.717) is 6.04 Å². The molecule has 0 saturated carbocycles. The van der Waals surface area contributed by atoms with E-state index in [0.717, 1.165) is 16.7 Å². The zero-order chi connectivity index (χ0) is 16.4. The molecule has 0 amide bonds. The molecular weight excluding hydrogens is 304 g/mol. The molecule has 23 heavy (non-hydrogen) atoms. The third-order valence-electron chi connectivity index (χ3n) is 3.85. The Balaban J connectivity index is 1.83. The van der Waals surface area contributed by atoms with Gasteiger partial charge in [-0.25, -0.2) is 9.97 Å². The van der Waals surface area contributed by atoms with Crippen molar-refractivity contribution < 1.29 is 0 Å². The van der Waals surface area contributed by atoms with E-state index in [1.807, 2.05) is 24.8 Å². The third-order valence-corrected chi connectivity index (χ3v) is 4.82. The van der Waals surface area contributed by atoms with Crippen LogP contribution in [0.15, 0.2) is 48.1 Å². The summed E-state index contributed by atoms with van der Waals surface area (Å²) in [7, 11) is 0. The molecule has 5 heteroatoms. The summed E-state index contributed by atoms with van der Waals surface area (Å²) >= 11 is 1.72. The van der Waals surface area contributed by atoms with Crippen molar-refractivity contribution in [3.63, 3.8) is 0 Å². The van der Waals surface area contributed by atoms with Crippen LogP contribution in [0, 0.1) is 13.8 Å². The van der Waals surface area contributed by atoms with Gasteiger partial charge >= 0.3 is 0 Å². The van der Waals surface area contributed by atoms with Gasteiger partial charge < -0.3 is 4.57 Å². The molecule has 0 spiro atoms. The van der Waals surface area contributed by atoms with Gasteiger partial charge in [0.2, 0.25) is 0 Å². The van der Waals surface area contributed by atoms with Crippen LogP contribution in [-0.4, -0.2) is 19.1 Å². The Bertz CT molecular complexity index is 801. The average molecular weight is 326 g/mol. The SMILES string of the molecule is Cc1ccc(-n2ccnc2SCc2nccn2C(C)C)c(C)c1. The Morgan fingerprint density at radius 1 is 1.09 bits per heavy atom. The summed E-state index contributed by atoms with van der Waals surface area (Å²) in [6, 6.07) is 6.93. The molecule has 120 valence electrons. The van der Waals surface area contributed by atoms with E-state index in [1.54, 1.807) is 11.8 Å². The summed E-state index contributed by atoms with van der Waals surface area (Å²) in [5.74, 6) is 1.90. The van der Waals surface area contributed by atoms with Crippen LogP contribution in [-0.2, 0) is 5.75 Å². The van der Waals surface area contributed by atoms with Crippen molar-refractivity contribution >= 4 is 11.8 Å². The minimum atomic E-state index is 0.423. The van der Waals surface area contributed by atoms with Crippen molar-refractivity contribution in [1.82, 2.24) is 19.1 Å². The number of nitrogens with zero attached hydrogens (tertiary/aromatic N) is 4. The zero-order valence-electron chi connectivity index (χ0n) is 14.0. The molecule has 0 aliphatic rings. The van der Waals surface area contributed by atoms with Gasteiger partial charge in [0.25, 0.3) is 0 Å². The highest BCUT2D eigenvalue weighted by atomic mass is 32.2. The molecule has 4 nitrogen and oxygen atoms in total. The fourth-order valence-electron chi connectivity index (χ4n) is 2.71. The van der Waals surface area contributed by atoms with E-state index < -0.39 is 0 Å². The summed E-state index contributed by atoms with van der Waals surface area (Å²) in [6.45, 7) is 8.60. The topological polar surface area (TPSA) is 35.6 Å². The maximum absolute atomic E-state index is 4.52. The first-order chi connectivity index (χ1) is 11.1. The molecule has 3 rings (SSSR count). The van der Waals surface area contributed by atoms with Crippen LogP contribution in [0.4, 0.5) is 0 Å². The Kier molecular flexibility index (Phi) is 4.57. The van der Waals surface area contributed by atoms with E-state index >= 15 is 0 Å². The zero-order valence-corrected chi connectivity index (χ0v) is 14.8. The molecule has 0 atom stereocenters. The highest BCUT2D eigenvalue weighted by Gasteiger charge is 2.11. The lowest BCUT2D eigenvalue weighted by Gasteiger charge is -2.13. The van der Waals surface area contributed by atoms with E-state index in [9.17, 15) is 0 Å². The third kappa shape index (κ3) is 3.34. The van der Waals surface area contributed by atoms with Crippen molar-refractivity contribution in [2.24, 2.45) is 0 Å². The van der Waals surface area contributed by atoms with Crippen molar-refractivity contribution in [2.75, 3.05) is 0 Å². The Labute approximate surface area is 141 Å². The molecule has 0 bridgehead atoms. The van der Waals surface area contributed by atoms with Crippen molar-refractivity contribution in [3.8, 4) is 5.69 Å². The number of aryl methyl sites for hydroxylation is 2. The average Bonchev–Trinajstić information content (AvgIpc) is 3.13.